The highest BCUT2D eigenvalue weighted by molar-refractivity contribution is 9.11. The second-order valence-corrected chi connectivity index (χ2v) is 8.37. The lowest BCUT2D eigenvalue weighted by Crippen LogP contribution is -2.31. The van der Waals surface area contributed by atoms with Gasteiger partial charge in [-0.2, -0.15) is 10.1 Å². The fourth-order valence-corrected chi connectivity index (χ4v) is 4.12. The number of ether oxygens (including phenoxy) is 1. The maximum atomic E-state index is 12.0. The molecule has 1 aromatic carbocycles. The monoisotopic (exact) mass is 525 g/mol. The van der Waals surface area contributed by atoms with Gasteiger partial charge in [0.15, 0.2) is 6.61 Å². The average molecular weight is 527 g/mol. The van der Waals surface area contributed by atoms with Gasteiger partial charge in [0.1, 0.15) is 5.75 Å². The first kappa shape index (κ1) is 21.5. The number of carbonyl (C=O) groups excluding carboxylic acids is 1. The van der Waals surface area contributed by atoms with E-state index in [2.05, 4.69) is 57.3 Å². The van der Waals surface area contributed by atoms with Crippen LogP contribution in [0.2, 0.25) is 0 Å². The Morgan fingerprint density at radius 3 is 2.79 bits per heavy atom. The number of hydrogen-bond acceptors (Lipinski definition) is 7. The number of aryl methyl sites for hydroxylation is 1. The predicted molar refractivity (Wildman–Crippen MR) is 118 cm³/mol. The standard InChI is InChI=1S/C19H21Br2N5O3/c1-12-7-17(24-19(23-12)26-5-3-2-4-6-26)29-11-16(27)25-22-10-13-8-14(20)9-15(21)18(13)28/h7-10,28H,2-6,11H2,1H3,(H,25,27)/b22-10+. The summed E-state index contributed by atoms with van der Waals surface area (Å²) in [5.41, 5.74) is 3.60. The summed E-state index contributed by atoms with van der Waals surface area (Å²) >= 11 is 6.58. The molecule has 0 aliphatic carbocycles. The third kappa shape index (κ3) is 6.14. The number of benzene rings is 1. The number of anilines is 1. The van der Waals surface area contributed by atoms with E-state index in [0.717, 1.165) is 36.1 Å². The van der Waals surface area contributed by atoms with E-state index in [4.69, 9.17) is 4.74 Å². The molecule has 0 unspecified atom stereocenters. The minimum Gasteiger partial charge on any atom is -0.506 e. The average Bonchev–Trinajstić information content (AvgIpc) is 2.70. The molecule has 29 heavy (non-hydrogen) atoms. The zero-order chi connectivity index (χ0) is 20.8. The Kier molecular flexibility index (Phi) is 7.43. The summed E-state index contributed by atoms with van der Waals surface area (Å²) in [5, 5.41) is 13.8. The minimum absolute atomic E-state index is 0.0316. The third-order valence-corrected chi connectivity index (χ3v) is 5.32. The topological polar surface area (TPSA) is 99.9 Å². The summed E-state index contributed by atoms with van der Waals surface area (Å²) in [5.74, 6) is 0.578. The maximum Gasteiger partial charge on any atom is 0.278 e. The van der Waals surface area contributed by atoms with Crippen LogP contribution in [0, 0.1) is 6.92 Å². The van der Waals surface area contributed by atoms with Gasteiger partial charge >= 0.3 is 0 Å². The van der Waals surface area contributed by atoms with Crippen LogP contribution in [0.25, 0.3) is 0 Å². The Morgan fingerprint density at radius 2 is 2.03 bits per heavy atom. The number of nitrogens with zero attached hydrogens (tertiary/aromatic N) is 4. The lowest BCUT2D eigenvalue weighted by Gasteiger charge is -2.26. The van der Waals surface area contributed by atoms with E-state index >= 15 is 0 Å². The van der Waals surface area contributed by atoms with Crippen LogP contribution < -0.4 is 15.1 Å². The smallest absolute Gasteiger partial charge is 0.278 e. The van der Waals surface area contributed by atoms with Crippen molar-refractivity contribution in [1.82, 2.24) is 15.4 Å². The van der Waals surface area contributed by atoms with E-state index in [1.165, 1.54) is 12.6 Å². The number of halogens is 2. The zero-order valence-corrected chi connectivity index (χ0v) is 19.0. The Balaban J connectivity index is 1.56. The highest BCUT2D eigenvalue weighted by atomic mass is 79.9. The molecule has 154 valence electrons. The van der Waals surface area contributed by atoms with Gasteiger partial charge in [-0.3, -0.25) is 4.79 Å². The number of hydrogen-bond donors (Lipinski definition) is 2. The molecule has 1 amide bonds. The second-order valence-electron chi connectivity index (χ2n) is 6.60. The molecule has 10 heteroatoms. The molecular formula is C19H21Br2N5O3. The Bertz CT molecular complexity index is 917. The molecule has 2 aromatic rings. The van der Waals surface area contributed by atoms with E-state index in [9.17, 15) is 9.90 Å². The molecule has 1 aliphatic rings. The first-order valence-electron chi connectivity index (χ1n) is 9.16. The first-order chi connectivity index (χ1) is 13.9. The fraction of sp³-hybridized carbons (Fsp3) is 0.368. The number of phenols is 1. The molecule has 8 nitrogen and oxygen atoms in total. The molecule has 0 saturated carbocycles. The molecule has 1 fully saturated rings. The fourth-order valence-electron chi connectivity index (χ4n) is 2.86. The lowest BCUT2D eigenvalue weighted by molar-refractivity contribution is -0.123. The third-order valence-electron chi connectivity index (χ3n) is 4.26. The van der Waals surface area contributed by atoms with Gasteiger partial charge in [0.2, 0.25) is 11.8 Å². The SMILES string of the molecule is Cc1cc(OCC(=O)N/N=C/c2cc(Br)cc(Br)c2O)nc(N2CCCCC2)n1. The van der Waals surface area contributed by atoms with Crippen LogP contribution in [-0.2, 0) is 4.79 Å². The van der Waals surface area contributed by atoms with Crippen molar-refractivity contribution in [3.63, 3.8) is 0 Å². The van der Waals surface area contributed by atoms with Gasteiger partial charge in [-0.25, -0.2) is 10.4 Å². The number of phenolic OH excluding ortho intramolecular Hbond substituents is 1. The van der Waals surface area contributed by atoms with Crippen LogP contribution in [0.15, 0.2) is 32.2 Å². The number of piperidine rings is 1. The Labute approximate surface area is 185 Å². The Hall–Kier alpha value is -2.20. The molecular weight excluding hydrogens is 506 g/mol. The summed E-state index contributed by atoms with van der Waals surface area (Å²) < 4.78 is 6.80. The van der Waals surface area contributed by atoms with Crippen LogP contribution >= 0.6 is 31.9 Å². The summed E-state index contributed by atoms with van der Waals surface area (Å²) in [7, 11) is 0. The molecule has 2 heterocycles. The van der Waals surface area contributed by atoms with Gasteiger partial charge in [-0.05, 0) is 54.2 Å². The summed E-state index contributed by atoms with van der Waals surface area (Å²) in [6, 6.07) is 5.08. The second kappa shape index (κ2) is 10.0. The van der Waals surface area contributed by atoms with E-state index in [0.29, 0.717) is 21.9 Å². The Morgan fingerprint density at radius 1 is 1.28 bits per heavy atom. The highest BCUT2D eigenvalue weighted by Gasteiger charge is 2.15. The molecule has 1 saturated heterocycles. The first-order valence-corrected chi connectivity index (χ1v) is 10.7. The van der Waals surface area contributed by atoms with E-state index in [1.54, 1.807) is 18.2 Å². The van der Waals surface area contributed by atoms with E-state index < -0.39 is 5.91 Å². The van der Waals surface area contributed by atoms with E-state index in [-0.39, 0.29) is 12.4 Å². The predicted octanol–water partition coefficient (Wildman–Crippen LogP) is 3.54. The van der Waals surface area contributed by atoms with Crippen LogP contribution in [-0.4, -0.2) is 46.9 Å². The molecule has 1 aromatic heterocycles. The van der Waals surface area contributed by atoms with Crippen LogP contribution in [0.3, 0.4) is 0 Å². The van der Waals surface area contributed by atoms with Crippen molar-refractivity contribution >= 4 is 49.9 Å². The molecule has 0 atom stereocenters. The normalized spacial score (nSPS) is 14.2. The van der Waals surface area contributed by atoms with Gasteiger partial charge in [-0.15, -0.1) is 0 Å². The minimum atomic E-state index is -0.439. The van der Waals surface area contributed by atoms with Gasteiger partial charge in [0, 0.05) is 34.9 Å². The number of carbonyl (C=O) groups is 1. The number of aromatic hydroxyl groups is 1. The van der Waals surface area contributed by atoms with Crippen molar-refractivity contribution in [2.45, 2.75) is 26.2 Å². The lowest BCUT2D eigenvalue weighted by atomic mass is 10.1. The van der Waals surface area contributed by atoms with Crippen LogP contribution in [0.4, 0.5) is 5.95 Å². The van der Waals surface area contributed by atoms with Crippen molar-refractivity contribution in [3.05, 3.63) is 38.4 Å². The number of amides is 1. The number of nitrogens with one attached hydrogen (secondary N) is 1. The van der Waals surface area contributed by atoms with Gasteiger partial charge in [0.25, 0.3) is 5.91 Å². The van der Waals surface area contributed by atoms with Crippen LogP contribution in [0.5, 0.6) is 11.6 Å². The van der Waals surface area contributed by atoms with Crippen LogP contribution in [0.1, 0.15) is 30.5 Å². The summed E-state index contributed by atoms with van der Waals surface area (Å²) in [6.07, 6.45) is 4.82. The van der Waals surface area contributed by atoms with Gasteiger partial charge in [-0.1, -0.05) is 15.9 Å². The number of hydrazone groups is 1. The van der Waals surface area contributed by atoms with Gasteiger partial charge in [0.05, 0.1) is 10.7 Å². The van der Waals surface area contributed by atoms with Gasteiger partial charge < -0.3 is 14.7 Å². The molecule has 2 N–H and O–H groups in total. The van der Waals surface area contributed by atoms with Crippen molar-refractivity contribution in [1.29, 1.82) is 0 Å². The van der Waals surface area contributed by atoms with Crippen molar-refractivity contribution in [3.8, 4) is 11.6 Å². The van der Waals surface area contributed by atoms with Crippen molar-refractivity contribution < 1.29 is 14.6 Å². The maximum absolute atomic E-state index is 12.0. The molecule has 0 bridgehead atoms. The summed E-state index contributed by atoms with van der Waals surface area (Å²) in [6.45, 7) is 3.49. The quantitative estimate of drug-likeness (QED) is 0.441. The van der Waals surface area contributed by atoms with Crippen molar-refractivity contribution in [2.24, 2.45) is 5.10 Å². The van der Waals surface area contributed by atoms with E-state index in [1.807, 2.05) is 6.92 Å². The number of aromatic nitrogens is 2. The van der Waals surface area contributed by atoms with Crippen molar-refractivity contribution in [2.75, 3.05) is 24.6 Å². The molecule has 0 spiro atoms. The zero-order valence-electron chi connectivity index (χ0n) is 15.9. The largest absolute Gasteiger partial charge is 0.506 e. The highest BCUT2D eigenvalue weighted by Crippen LogP contribution is 2.30. The summed E-state index contributed by atoms with van der Waals surface area (Å²) in [4.78, 5) is 23.0. The molecule has 3 rings (SSSR count). The number of rotatable bonds is 6. The molecule has 1 aliphatic heterocycles. The molecule has 0 radical (unpaired) electrons.